The van der Waals surface area contributed by atoms with Gasteiger partial charge in [-0.25, -0.2) is 0 Å². The number of carbonyl (C=O) groups excluding carboxylic acids is 2. The number of aryl methyl sites for hydroxylation is 1. The average molecular weight is 362 g/mol. The second-order valence-electron chi connectivity index (χ2n) is 5.39. The zero-order valence-corrected chi connectivity index (χ0v) is 15.0. The van der Waals surface area contributed by atoms with Crippen molar-refractivity contribution in [1.82, 2.24) is 10.2 Å². The van der Waals surface area contributed by atoms with Crippen LogP contribution in [0, 0.1) is 0 Å². The third-order valence-electron chi connectivity index (χ3n) is 3.57. The third-order valence-corrected chi connectivity index (χ3v) is 5.51. The molecule has 3 rings (SSSR count). The number of unbranched alkanes of at least 4 members (excludes halogenated alkanes) is 1. The molecule has 2 amide bonds. The summed E-state index contributed by atoms with van der Waals surface area (Å²) in [7, 11) is 0. The molecule has 1 aromatic carbocycles. The number of nitrogens with one attached hydrogen (secondary N) is 1. The highest BCUT2D eigenvalue weighted by molar-refractivity contribution is 8.00. The number of para-hydroxylation sites is 1. The molecule has 2 heterocycles. The minimum absolute atomic E-state index is 0.0136. The maximum atomic E-state index is 12.3. The number of hydrogen-bond acceptors (Lipinski definition) is 6. The van der Waals surface area contributed by atoms with Crippen LogP contribution in [0.3, 0.4) is 0 Å². The maximum Gasteiger partial charge on any atom is 0.246 e. The molecule has 6 nitrogen and oxygen atoms in total. The molecule has 0 atom stereocenters. The molecule has 24 heavy (non-hydrogen) atoms. The fourth-order valence-corrected chi connectivity index (χ4v) is 4.10. The van der Waals surface area contributed by atoms with Gasteiger partial charge >= 0.3 is 0 Å². The van der Waals surface area contributed by atoms with Gasteiger partial charge in [0, 0.05) is 11.3 Å². The minimum atomic E-state index is -0.261. The van der Waals surface area contributed by atoms with E-state index in [0.717, 1.165) is 34.9 Å². The lowest BCUT2D eigenvalue weighted by Gasteiger charge is -2.28. The Kier molecular flexibility index (Phi) is 5.47. The quantitative estimate of drug-likeness (QED) is 0.855. The van der Waals surface area contributed by atoms with Crippen LogP contribution in [-0.4, -0.2) is 34.3 Å². The van der Waals surface area contributed by atoms with Crippen LogP contribution in [0.4, 0.5) is 10.8 Å². The lowest BCUT2D eigenvalue weighted by atomic mass is 10.2. The van der Waals surface area contributed by atoms with E-state index >= 15 is 0 Å². The first-order valence-corrected chi connectivity index (χ1v) is 9.62. The molecule has 1 aromatic heterocycles. The smallest absolute Gasteiger partial charge is 0.246 e. The molecule has 1 aliphatic rings. The van der Waals surface area contributed by atoms with Crippen LogP contribution in [0.1, 0.15) is 24.8 Å². The minimum Gasteiger partial charge on any atom is -0.301 e. The number of amides is 2. The van der Waals surface area contributed by atoms with Gasteiger partial charge in [0.25, 0.3) is 0 Å². The summed E-state index contributed by atoms with van der Waals surface area (Å²) in [6, 6.07) is 7.62. The fraction of sp³-hybridized carbons (Fsp3) is 0.375. The van der Waals surface area contributed by atoms with Gasteiger partial charge in [-0.3, -0.25) is 14.9 Å². The summed E-state index contributed by atoms with van der Waals surface area (Å²) < 4.78 is 0. The summed E-state index contributed by atoms with van der Waals surface area (Å²) in [5.74, 6) is 0.0302. The van der Waals surface area contributed by atoms with E-state index in [1.54, 1.807) is 0 Å². The number of thioether (sulfide) groups is 1. The Morgan fingerprint density at radius 3 is 3.00 bits per heavy atom. The Morgan fingerprint density at radius 2 is 2.17 bits per heavy atom. The predicted molar refractivity (Wildman–Crippen MR) is 96.7 cm³/mol. The molecule has 0 saturated heterocycles. The van der Waals surface area contributed by atoms with Crippen molar-refractivity contribution in [2.75, 3.05) is 22.5 Å². The van der Waals surface area contributed by atoms with Gasteiger partial charge < -0.3 is 4.90 Å². The van der Waals surface area contributed by atoms with Crippen molar-refractivity contribution < 1.29 is 9.59 Å². The van der Waals surface area contributed by atoms with E-state index in [2.05, 4.69) is 22.4 Å². The molecule has 0 unspecified atom stereocenters. The van der Waals surface area contributed by atoms with Gasteiger partial charge in [-0.05, 0) is 18.6 Å². The topological polar surface area (TPSA) is 75.2 Å². The van der Waals surface area contributed by atoms with Crippen molar-refractivity contribution in [2.45, 2.75) is 31.1 Å². The van der Waals surface area contributed by atoms with E-state index in [1.807, 2.05) is 24.3 Å². The molecule has 0 bridgehead atoms. The van der Waals surface area contributed by atoms with Gasteiger partial charge in [0.05, 0.1) is 11.4 Å². The summed E-state index contributed by atoms with van der Waals surface area (Å²) in [4.78, 5) is 27.0. The molecule has 0 radical (unpaired) electrons. The first kappa shape index (κ1) is 16.9. The van der Waals surface area contributed by atoms with Crippen LogP contribution < -0.4 is 10.2 Å². The van der Waals surface area contributed by atoms with E-state index < -0.39 is 0 Å². The first-order chi connectivity index (χ1) is 11.7. The number of nitrogens with zero attached hydrogens (tertiary/aromatic N) is 3. The van der Waals surface area contributed by atoms with Crippen LogP contribution in [-0.2, 0) is 16.0 Å². The van der Waals surface area contributed by atoms with Gasteiger partial charge in [0.15, 0.2) is 0 Å². The highest BCUT2D eigenvalue weighted by atomic mass is 32.2. The molecule has 1 N–H and O–H groups in total. The monoisotopic (exact) mass is 362 g/mol. The van der Waals surface area contributed by atoms with Crippen molar-refractivity contribution in [3.05, 3.63) is 29.3 Å². The standard InChI is InChI=1S/C16H18N4O2S2/c1-2-3-8-14-18-19-16(24-14)17-13(21)9-20-11-6-4-5-7-12(11)23-10-15(20)22/h4-7H,2-3,8-10H2,1H3,(H,17,19,21). The largest absolute Gasteiger partial charge is 0.301 e. The predicted octanol–water partition coefficient (Wildman–Crippen LogP) is 2.96. The maximum absolute atomic E-state index is 12.3. The Labute approximate surface area is 148 Å². The van der Waals surface area contributed by atoms with Crippen molar-refractivity contribution in [3.63, 3.8) is 0 Å². The van der Waals surface area contributed by atoms with Crippen molar-refractivity contribution in [1.29, 1.82) is 0 Å². The van der Waals surface area contributed by atoms with Gasteiger partial charge in [-0.2, -0.15) is 0 Å². The van der Waals surface area contributed by atoms with Gasteiger partial charge in [0.1, 0.15) is 11.6 Å². The van der Waals surface area contributed by atoms with Crippen LogP contribution >= 0.6 is 23.1 Å². The molecule has 0 aliphatic carbocycles. The second-order valence-corrected chi connectivity index (χ2v) is 7.47. The van der Waals surface area contributed by atoms with Crippen LogP contribution in [0.2, 0.25) is 0 Å². The van der Waals surface area contributed by atoms with E-state index in [1.165, 1.54) is 28.0 Å². The number of aromatic nitrogens is 2. The molecular weight excluding hydrogens is 344 g/mol. The van der Waals surface area contributed by atoms with Crippen LogP contribution in [0.25, 0.3) is 0 Å². The number of fused-ring (bicyclic) bond motifs is 1. The van der Waals surface area contributed by atoms with Gasteiger partial charge in [-0.15, -0.1) is 22.0 Å². The Morgan fingerprint density at radius 1 is 1.33 bits per heavy atom. The Bertz CT molecular complexity index is 747. The number of carbonyl (C=O) groups is 2. The number of anilines is 2. The summed E-state index contributed by atoms with van der Waals surface area (Å²) in [6.45, 7) is 2.11. The second kappa shape index (κ2) is 7.76. The highest BCUT2D eigenvalue weighted by Gasteiger charge is 2.26. The summed E-state index contributed by atoms with van der Waals surface area (Å²) in [5, 5.41) is 12.2. The van der Waals surface area contributed by atoms with Crippen molar-refractivity contribution in [2.24, 2.45) is 0 Å². The lowest BCUT2D eigenvalue weighted by Crippen LogP contribution is -2.41. The summed E-state index contributed by atoms with van der Waals surface area (Å²) >= 11 is 2.89. The zero-order valence-electron chi connectivity index (χ0n) is 13.3. The van der Waals surface area contributed by atoms with Crippen LogP contribution in [0.5, 0.6) is 0 Å². The van der Waals surface area contributed by atoms with Gasteiger partial charge in [0.2, 0.25) is 16.9 Å². The van der Waals surface area contributed by atoms with Crippen LogP contribution in [0.15, 0.2) is 29.2 Å². The number of benzene rings is 1. The fourth-order valence-electron chi connectivity index (χ4n) is 2.36. The first-order valence-electron chi connectivity index (χ1n) is 7.82. The van der Waals surface area contributed by atoms with Crippen molar-refractivity contribution >= 4 is 45.7 Å². The normalized spacial score (nSPS) is 13.7. The Hall–Kier alpha value is -1.93. The molecule has 1 aliphatic heterocycles. The molecule has 0 saturated carbocycles. The van der Waals surface area contributed by atoms with Gasteiger partial charge in [-0.1, -0.05) is 36.8 Å². The van der Waals surface area contributed by atoms with E-state index in [9.17, 15) is 9.59 Å². The van der Waals surface area contributed by atoms with E-state index in [-0.39, 0.29) is 18.4 Å². The number of hydrogen-bond donors (Lipinski definition) is 1. The lowest BCUT2D eigenvalue weighted by molar-refractivity contribution is -0.120. The number of rotatable bonds is 6. The molecule has 0 spiro atoms. The Balaban J connectivity index is 1.64. The molecule has 0 fully saturated rings. The average Bonchev–Trinajstić information content (AvgIpc) is 3.03. The third kappa shape index (κ3) is 3.93. The van der Waals surface area contributed by atoms with E-state index in [4.69, 9.17) is 0 Å². The zero-order chi connectivity index (χ0) is 16.9. The summed E-state index contributed by atoms with van der Waals surface area (Å²) in [6.07, 6.45) is 3.02. The molecule has 8 heteroatoms. The molecule has 2 aromatic rings. The highest BCUT2D eigenvalue weighted by Crippen LogP contribution is 2.34. The molecular formula is C16H18N4O2S2. The van der Waals surface area contributed by atoms with E-state index in [0.29, 0.717) is 10.9 Å². The van der Waals surface area contributed by atoms with Crippen molar-refractivity contribution in [3.8, 4) is 0 Å². The SMILES string of the molecule is CCCCc1nnc(NC(=O)CN2C(=O)CSc3ccccc32)s1. The molecule has 126 valence electrons. The summed E-state index contributed by atoms with van der Waals surface area (Å²) in [5.41, 5.74) is 0.787.